The minimum Gasteiger partial charge on any atom is -0.497 e. The van der Waals surface area contributed by atoms with E-state index in [0.29, 0.717) is 22.3 Å². The summed E-state index contributed by atoms with van der Waals surface area (Å²) in [7, 11) is -5.28. The summed E-state index contributed by atoms with van der Waals surface area (Å²) < 4.78 is 67.0. The number of nitrogens with zero attached hydrogens (tertiary/aromatic N) is 1. The molecule has 0 saturated heterocycles. The van der Waals surface area contributed by atoms with Gasteiger partial charge in [-0.2, -0.15) is 0 Å². The maximum Gasteiger partial charge on any atom is 0.264 e. The van der Waals surface area contributed by atoms with Gasteiger partial charge in [-0.05, 0) is 60.7 Å². The molecule has 4 rings (SSSR count). The monoisotopic (exact) mass is 555 g/mol. The fraction of sp³-hybridized carbons (Fsp3) is 0.115. The maximum absolute atomic E-state index is 13.6. The first kappa shape index (κ1) is 26.8. The fourth-order valence-corrected chi connectivity index (χ4v) is 6.39. The summed E-state index contributed by atoms with van der Waals surface area (Å²) in [6.45, 7) is -0.630. The molecule has 0 bridgehead atoms. The van der Waals surface area contributed by atoms with E-state index in [4.69, 9.17) is 15.2 Å². The minimum atomic E-state index is -4.24. The summed E-state index contributed by atoms with van der Waals surface area (Å²) in [6, 6.07) is 21.1. The van der Waals surface area contributed by atoms with Crippen LogP contribution in [0.4, 0.5) is 11.4 Å². The molecule has 0 aromatic heterocycles. The zero-order chi connectivity index (χ0) is 27.5. The van der Waals surface area contributed by atoms with E-state index in [1.54, 1.807) is 24.3 Å². The fourth-order valence-electron chi connectivity index (χ4n) is 3.86. The first-order valence-electron chi connectivity index (χ1n) is 11.2. The smallest absolute Gasteiger partial charge is 0.264 e. The molecule has 0 atom stereocenters. The molecule has 38 heavy (non-hydrogen) atoms. The summed E-state index contributed by atoms with van der Waals surface area (Å²) in [4.78, 5) is 11.9. The molecule has 0 aliphatic rings. The number of fused-ring (bicyclic) bond motifs is 1. The van der Waals surface area contributed by atoms with Crippen LogP contribution in [0.5, 0.6) is 11.5 Å². The number of anilines is 2. The van der Waals surface area contributed by atoms with E-state index in [9.17, 15) is 21.6 Å². The molecule has 0 aliphatic carbocycles. The summed E-state index contributed by atoms with van der Waals surface area (Å²) >= 11 is 0. The third-order valence-electron chi connectivity index (χ3n) is 5.73. The lowest BCUT2D eigenvalue weighted by Crippen LogP contribution is -2.38. The number of nitrogens with two attached hydrogens (primary N) is 1. The van der Waals surface area contributed by atoms with Gasteiger partial charge in [-0.25, -0.2) is 16.8 Å². The van der Waals surface area contributed by atoms with Crippen molar-refractivity contribution in [3.63, 3.8) is 0 Å². The molecule has 3 N–H and O–H groups in total. The molecule has 4 aromatic carbocycles. The number of carbonyl (C=O) groups is 1. The van der Waals surface area contributed by atoms with Crippen molar-refractivity contribution in [1.29, 1.82) is 0 Å². The number of amides is 1. The van der Waals surface area contributed by atoms with Crippen LogP contribution in [0, 0.1) is 0 Å². The van der Waals surface area contributed by atoms with Crippen molar-refractivity contribution in [2.75, 3.05) is 29.8 Å². The van der Waals surface area contributed by atoms with E-state index in [2.05, 4.69) is 4.72 Å². The van der Waals surface area contributed by atoms with Crippen LogP contribution in [0.1, 0.15) is 0 Å². The van der Waals surface area contributed by atoms with Gasteiger partial charge in [0.1, 0.15) is 18.0 Å². The van der Waals surface area contributed by atoms with Crippen molar-refractivity contribution >= 4 is 48.1 Å². The Bertz CT molecular complexity index is 1690. The van der Waals surface area contributed by atoms with Gasteiger partial charge >= 0.3 is 0 Å². The van der Waals surface area contributed by atoms with E-state index >= 15 is 0 Å². The van der Waals surface area contributed by atoms with Crippen LogP contribution in [0.3, 0.4) is 0 Å². The van der Waals surface area contributed by atoms with Crippen LogP contribution in [0.2, 0.25) is 0 Å². The van der Waals surface area contributed by atoms with E-state index in [-0.39, 0.29) is 21.2 Å². The summed E-state index contributed by atoms with van der Waals surface area (Å²) in [5.41, 5.74) is 5.81. The molecule has 0 unspecified atom stereocenters. The highest BCUT2D eigenvalue weighted by Gasteiger charge is 2.28. The Morgan fingerprint density at radius 2 is 1.29 bits per heavy atom. The molecule has 0 spiro atoms. The van der Waals surface area contributed by atoms with Crippen molar-refractivity contribution in [2.24, 2.45) is 5.73 Å². The number of methoxy groups -OCH3 is 2. The summed E-state index contributed by atoms with van der Waals surface area (Å²) in [5.74, 6) is 0.103. The zero-order valence-corrected chi connectivity index (χ0v) is 22.1. The molecule has 1 amide bonds. The van der Waals surface area contributed by atoms with Crippen LogP contribution in [0.25, 0.3) is 10.8 Å². The molecule has 198 valence electrons. The van der Waals surface area contributed by atoms with Gasteiger partial charge in [0.25, 0.3) is 20.0 Å². The average molecular weight is 556 g/mol. The number of nitrogens with one attached hydrogen (secondary N) is 1. The Labute approximate surface area is 220 Å². The minimum absolute atomic E-state index is 0.0175. The first-order chi connectivity index (χ1) is 18.1. The lowest BCUT2D eigenvalue weighted by molar-refractivity contribution is -0.116. The third kappa shape index (κ3) is 5.36. The standard InChI is InChI=1S/C26H25N3O7S2/c1-35-18-7-11-20(12-8-18)37(31,32)28-24-15-16-25(23-6-4-3-5-22(23)24)29(17-26(27)30)38(33,34)21-13-9-19(36-2)10-14-21/h3-16,28H,17H2,1-2H3,(H2,27,30). The Kier molecular flexibility index (Phi) is 7.46. The van der Waals surface area contributed by atoms with E-state index in [0.717, 1.165) is 4.31 Å². The van der Waals surface area contributed by atoms with Crippen molar-refractivity contribution < 1.29 is 31.1 Å². The topological polar surface area (TPSA) is 145 Å². The second kappa shape index (κ2) is 10.6. The number of primary amides is 1. The number of carbonyl (C=O) groups excluding carboxylic acids is 1. The lowest BCUT2D eigenvalue weighted by Gasteiger charge is -2.25. The van der Waals surface area contributed by atoms with Gasteiger partial charge in [0.15, 0.2) is 0 Å². The molecular weight excluding hydrogens is 530 g/mol. The van der Waals surface area contributed by atoms with E-state index in [1.165, 1.54) is 74.9 Å². The van der Waals surface area contributed by atoms with Crippen LogP contribution < -0.4 is 24.2 Å². The highest BCUT2D eigenvalue weighted by Crippen LogP contribution is 2.36. The largest absolute Gasteiger partial charge is 0.497 e. The lowest BCUT2D eigenvalue weighted by atomic mass is 10.1. The number of benzene rings is 4. The molecule has 10 nitrogen and oxygen atoms in total. The molecule has 0 fully saturated rings. The number of hydrogen-bond acceptors (Lipinski definition) is 7. The van der Waals surface area contributed by atoms with Crippen molar-refractivity contribution in [3.05, 3.63) is 84.9 Å². The second-order valence-electron chi connectivity index (χ2n) is 8.11. The summed E-state index contributed by atoms with van der Waals surface area (Å²) in [5, 5.41) is 0.808. The molecule has 0 radical (unpaired) electrons. The van der Waals surface area contributed by atoms with Gasteiger partial charge in [0.05, 0.1) is 35.4 Å². The molecule has 0 heterocycles. The Morgan fingerprint density at radius 3 is 1.82 bits per heavy atom. The molecule has 12 heteroatoms. The Morgan fingerprint density at radius 1 is 0.763 bits per heavy atom. The van der Waals surface area contributed by atoms with E-state index < -0.39 is 32.5 Å². The Hall–Kier alpha value is -4.29. The number of rotatable bonds is 10. The van der Waals surface area contributed by atoms with Crippen molar-refractivity contribution in [1.82, 2.24) is 0 Å². The van der Waals surface area contributed by atoms with Crippen LogP contribution in [-0.4, -0.2) is 43.5 Å². The van der Waals surface area contributed by atoms with Crippen LogP contribution in [-0.2, 0) is 24.8 Å². The first-order valence-corrected chi connectivity index (χ1v) is 14.1. The average Bonchev–Trinajstić information content (AvgIpc) is 2.92. The SMILES string of the molecule is COc1ccc(S(=O)(=O)Nc2ccc(N(CC(N)=O)S(=O)(=O)c3ccc(OC)cc3)c3ccccc23)cc1. The quantitative estimate of drug-likeness (QED) is 0.305. The van der Waals surface area contributed by atoms with Gasteiger partial charge < -0.3 is 15.2 Å². The number of sulfonamides is 2. The second-order valence-corrected chi connectivity index (χ2v) is 11.7. The number of hydrogen-bond donors (Lipinski definition) is 2. The van der Waals surface area contributed by atoms with Crippen molar-refractivity contribution in [2.45, 2.75) is 9.79 Å². The van der Waals surface area contributed by atoms with Crippen LogP contribution in [0.15, 0.2) is 94.7 Å². The maximum atomic E-state index is 13.6. The van der Waals surface area contributed by atoms with Gasteiger partial charge in [-0.15, -0.1) is 0 Å². The van der Waals surface area contributed by atoms with Gasteiger partial charge in [-0.3, -0.25) is 13.8 Å². The molecule has 0 saturated carbocycles. The van der Waals surface area contributed by atoms with E-state index in [1.807, 2.05) is 0 Å². The molecule has 4 aromatic rings. The Balaban J connectivity index is 1.81. The highest BCUT2D eigenvalue weighted by molar-refractivity contribution is 7.93. The van der Waals surface area contributed by atoms with Crippen LogP contribution >= 0.6 is 0 Å². The molecule has 0 aliphatic heterocycles. The third-order valence-corrected chi connectivity index (χ3v) is 8.89. The van der Waals surface area contributed by atoms with Gasteiger partial charge in [0.2, 0.25) is 5.91 Å². The molecular formula is C26H25N3O7S2. The highest BCUT2D eigenvalue weighted by atomic mass is 32.2. The predicted molar refractivity (Wildman–Crippen MR) is 144 cm³/mol. The zero-order valence-electron chi connectivity index (χ0n) is 20.5. The van der Waals surface area contributed by atoms with Gasteiger partial charge in [-0.1, -0.05) is 24.3 Å². The van der Waals surface area contributed by atoms with Gasteiger partial charge in [0, 0.05) is 10.8 Å². The van der Waals surface area contributed by atoms with Crippen molar-refractivity contribution in [3.8, 4) is 11.5 Å². The number of ether oxygens (including phenoxy) is 2. The predicted octanol–water partition coefficient (Wildman–Crippen LogP) is 3.34. The summed E-state index contributed by atoms with van der Waals surface area (Å²) in [6.07, 6.45) is 0. The normalized spacial score (nSPS) is 11.6.